The normalized spacial score (nSPS) is 14.6. The summed E-state index contributed by atoms with van der Waals surface area (Å²) in [5.41, 5.74) is 0. The number of phosphoric ester groups is 2. The van der Waals surface area contributed by atoms with Crippen molar-refractivity contribution in [1.29, 1.82) is 0 Å². The molecule has 17 nitrogen and oxygen atoms in total. The second kappa shape index (κ2) is 57.9. The molecule has 0 spiro atoms. The van der Waals surface area contributed by atoms with Gasteiger partial charge in [-0.05, 0) is 49.4 Å². The van der Waals surface area contributed by atoms with E-state index in [0.29, 0.717) is 37.5 Å². The van der Waals surface area contributed by atoms with Crippen LogP contribution >= 0.6 is 15.6 Å². The average molecular weight is 1280 g/mol. The van der Waals surface area contributed by atoms with Crippen molar-refractivity contribution < 1.29 is 80.2 Å². The fourth-order valence-electron chi connectivity index (χ4n) is 10.1. The lowest BCUT2D eigenvalue weighted by Crippen LogP contribution is -2.30. The maximum absolute atomic E-state index is 13.0. The van der Waals surface area contributed by atoms with Crippen LogP contribution in [0.5, 0.6) is 0 Å². The lowest BCUT2D eigenvalue weighted by molar-refractivity contribution is -0.161. The van der Waals surface area contributed by atoms with E-state index in [9.17, 15) is 43.2 Å². The SMILES string of the molecule is CCC(C)CCCCCCCCCCCCC(=O)O[C@H](COC(=O)CCCCCCCCCC(C)C)COP(=O)(O)OCC(O)COP(=O)(O)OC[C@@H](COC(=O)CCCCCCCCC(C)C)OC(=O)CCCCCCCCCCCCCC(C)C. The molecule has 0 bridgehead atoms. The van der Waals surface area contributed by atoms with Crippen LogP contribution in [0, 0.1) is 23.7 Å². The molecule has 0 aromatic heterocycles. The standard InChI is InChI=1S/C68H132O17P2/c1-9-61(8)47-39-31-22-16-13-14-18-24-35-43-51-68(73)84-63(54-78-65(70)48-40-32-25-19-21-29-37-45-59(4)5)56-82-86(74,75)80-52-62(69)53-81-87(76,77)83-57-64(55-79-66(71)49-41-33-27-26-30-38-46-60(6)7)85-67(72)50-42-34-23-17-12-10-11-15-20-28-36-44-58(2)3/h58-64,69H,9-57H2,1-8H3,(H,74,75)(H,76,77)/t61?,62?,63-,64-/m1/s1. The molecule has 0 heterocycles. The Hall–Kier alpha value is -1.94. The third-order valence-electron chi connectivity index (χ3n) is 15.9. The van der Waals surface area contributed by atoms with Crippen LogP contribution in [-0.2, 0) is 65.4 Å². The van der Waals surface area contributed by atoms with Crippen LogP contribution in [0.15, 0.2) is 0 Å². The Morgan fingerprint density at radius 1 is 0.322 bits per heavy atom. The zero-order chi connectivity index (χ0) is 64.7. The predicted molar refractivity (Wildman–Crippen MR) is 349 cm³/mol. The highest BCUT2D eigenvalue weighted by Crippen LogP contribution is 2.45. The smallest absolute Gasteiger partial charge is 0.462 e. The van der Waals surface area contributed by atoms with E-state index in [-0.39, 0.29) is 25.7 Å². The highest BCUT2D eigenvalue weighted by Gasteiger charge is 2.30. The number of unbranched alkanes of at least 4 members (excludes halogenated alkanes) is 30. The first-order chi connectivity index (χ1) is 41.6. The molecule has 87 heavy (non-hydrogen) atoms. The van der Waals surface area contributed by atoms with Gasteiger partial charge in [0, 0.05) is 25.7 Å². The molecular formula is C68H132O17P2. The monoisotopic (exact) mass is 1280 g/mol. The first kappa shape index (κ1) is 85.1. The molecule has 0 aromatic carbocycles. The van der Waals surface area contributed by atoms with Crippen molar-refractivity contribution in [1.82, 2.24) is 0 Å². The van der Waals surface area contributed by atoms with E-state index in [1.807, 2.05) is 0 Å². The Kier molecular flexibility index (Phi) is 56.6. The van der Waals surface area contributed by atoms with Gasteiger partial charge < -0.3 is 33.8 Å². The third kappa shape index (κ3) is 61.3. The molecule has 0 rings (SSSR count). The van der Waals surface area contributed by atoms with E-state index in [4.69, 9.17) is 37.0 Å². The van der Waals surface area contributed by atoms with Crippen LogP contribution < -0.4 is 0 Å². The van der Waals surface area contributed by atoms with Gasteiger partial charge in [0.05, 0.1) is 26.4 Å². The number of aliphatic hydroxyl groups is 1. The molecule has 6 atom stereocenters. The minimum atomic E-state index is -4.95. The van der Waals surface area contributed by atoms with Gasteiger partial charge in [-0.25, -0.2) is 9.13 Å². The lowest BCUT2D eigenvalue weighted by atomic mass is 9.99. The van der Waals surface area contributed by atoms with Gasteiger partial charge in [0.15, 0.2) is 12.2 Å². The summed E-state index contributed by atoms with van der Waals surface area (Å²) >= 11 is 0. The van der Waals surface area contributed by atoms with E-state index in [1.54, 1.807) is 0 Å². The van der Waals surface area contributed by atoms with Crippen LogP contribution in [0.1, 0.15) is 331 Å². The molecule has 0 aliphatic heterocycles. The van der Waals surface area contributed by atoms with Gasteiger partial charge in [-0.1, -0.05) is 280 Å². The maximum atomic E-state index is 13.0. The molecule has 3 N–H and O–H groups in total. The van der Waals surface area contributed by atoms with Crippen molar-refractivity contribution in [3.8, 4) is 0 Å². The van der Waals surface area contributed by atoms with E-state index in [2.05, 4.69) is 55.4 Å². The molecule has 516 valence electrons. The number of ether oxygens (including phenoxy) is 4. The molecule has 0 amide bonds. The van der Waals surface area contributed by atoms with Crippen LogP contribution in [-0.4, -0.2) is 96.7 Å². The second-order valence-electron chi connectivity index (χ2n) is 26.2. The molecule has 0 aromatic rings. The zero-order valence-electron chi connectivity index (χ0n) is 56.6. The quantitative estimate of drug-likeness (QED) is 0.0222. The summed E-state index contributed by atoms with van der Waals surface area (Å²) < 4.78 is 68.2. The molecule has 19 heteroatoms. The van der Waals surface area contributed by atoms with E-state index in [1.165, 1.54) is 122 Å². The fraction of sp³-hybridized carbons (Fsp3) is 0.941. The van der Waals surface area contributed by atoms with Crippen molar-refractivity contribution in [3.05, 3.63) is 0 Å². The topological polar surface area (TPSA) is 237 Å². The zero-order valence-corrected chi connectivity index (χ0v) is 58.4. The van der Waals surface area contributed by atoms with Crippen molar-refractivity contribution in [2.45, 2.75) is 350 Å². The highest BCUT2D eigenvalue weighted by atomic mass is 31.2. The Bertz CT molecular complexity index is 1730. The number of hydrogen-bond donors (Lipinski definition) is 3. The van der Waals surface area contributed by atoms with Gasteiger partial charge in [-0.15, -0.1) is 0 Å². The Balaban J connectivity index is 5.25. The van der Waals surface area contributed by atoms with Crippen LogP contribution in [0.3, 0.4) is 0 Å². The van der Waals surface area contributed by atoms with Crippen LogP contribution in [0.4, 0.5) is 0 Å². The molecule has 0 saturated heterocycles. The van der Waals surface area contributed by atoms with Gasteiger partial charge >= 0.3 is 39.5 Å². The molecule has 0 saturated carbocycles. The lowest BCUT2D eigenvalue weighted by Gasteiger charge is -2.21. The van der Waals surface area contributed by atoms with Crippen LogP contribution in [0.25, 0.3) is 0 Å². The Labute approximate surface area is 530 Å². The molecular weight excluding hydrogens is 1150 g/mol. The minimum absolute atomic E-state index is 0.105. The second-order valence-corrected chi connectivity index (χ2v) is 29.1. The number of phosphoric acid groups is 2. The van der Waals surface area contributed by atoms with Gasteiger partial charge in [0.2, 0.25) is 0 Å². The van der Waals surface area contributed by atoms with E-state index >= 15 is 0 Å². The first-order valence-corrected chi connectivity index (χ1v) is 38.2. The van der Waals surface area contributed by atoms with Gasteiger partial charge in [-0.2, -0.15) is 0 Å². The molecule has 0 fully saturated rings. The third-order valence-corrected chi connectivity index (χ3v) is 17.8. The highest BCUT2D eigenvalue weighted by molar-refractivity contribution is 7.47. The summed E-state index contributed by atoms with van der Waals surface area (Å²) in [6, 6.07) is 0. The van der Waals surface area contributed by atoms with Gasteiger partial charge in [0.25, 0.3) is 0 Å². The van der Waals surface area contributed by atoms with E-state index in [0.717, 1.165) is 115 Å². The minimum Gasteiger partial charge on any atom is -0.462 e. The summed E-state index contributed by atoms with van der Waals surface area (Å²) in [6.07, 6.45) is 39.1. The molecule has 0 aliphatic rings. The summed E-state index contributed by atoms with van der Waals surface area (Å²) in [5, 5.41) is 10.6. The fourth-order valence-corrected chi connectivity index (χ4v) is 11.7. The van der Waals surface area contributed by atoms with Crippen molar-refractivity contribution >= 4 is 39.5 Å². The summed E-state index contributed by atoms with van der Waals surface area (Å²) in [6.45, 7) is 14.0. The van der Waals surface area contributed by atoms with Crippen molar-refractivity contribution in [2.75, 3.05) is 39.6 Å². The number of aliphatic hydroxyl groups excluding tert-OH is 1. The molecule has 4 unspecified atom stereocenters. The predicted octanol–water partition coefficient (Wildman–Crippen LogP) is 18.9. The summed E-state index contributed by atoms with van der Waals surface area (Å²) in [4.78, 5) is 72.4. The Morgan fingerprint density at radius 2 is 0.552 bits per heavy atom. The number of carbonyl (C=O) groups excluding carboxylic acids is 4. The first-order valence-electron chi connectivity index (χ1n) is 35.2. The molecule has 0 aliphatic carbocycles. The molecule has 0 radical (unpaired) electrons. The maximum Gasteiger partial charge on any atom is 0.472 e. The number of hydrogen-bond acceptors (Lipinski definition) is 15. The van der Waals surface area contributed by atoms with Crippen molar-refractivity contribution in [2.24, 2.45) is 23.7 Å². The van der Waals surface area contributed by atoms with Gasteiger partial charge in [-0.3, -0.25) is 37.3 Å². The van der Waals surface area contributed by atoms with E-state index < -0.39 is 97.5 Å². The largest absolute Gasteiger partial charge is 0.472 e. The number of carbonyl (C=O) groups is 4. The number of esters is 4. The van der Waals surface area contributed by atoms with Gasteiger partial charge in [0.1, 0.15) is 19.3 Å². The average Bonchev–Trinajstić information content (AvgIpc) is 3.65. The summed E-state index contributed by atoms with van der Waals surface area (Å²) in [7, 11) is -9.90. The van der Waals surface area contributed by atoms with Crippen molar-refractivity contribution in [3.63, 3.8) is 0 Å². The van der Waals surface area contributed by atoms with Crippen LogP contribution in [0.2, 0.25) is 0 Å². The summed E-state index contributed by atoms with van der Waals surface area (Å²) in [5.74, 6) is 0.818. The Morgan fingerprint density at radius 3 is 0.816 bits per heavy atom. The number of rotatable bonds is 65.